The van der Waals surface area contributed by atoms with Crippen LogP contribution in [0.4, 0.5) is 0 Å². The number of nitrogens with one attached hydrogen (secondary N) is 2. The SMILES string of the molecule is CNC(=O)C(C)(C)NCC(C)=O. The average molecular weight is 172 g/mol. The van der Waals surface area contributed by atoms with Gasteiger partial charge in [0.05, 0.1) is 12.1 Å². The van der Waals surface area contributed by atoms with Gasteiger partial charge in [-0.15, -0.1) is 0 Å². The van der Waals surface area contributed by atoms with Crippen LogP contribution < -0.4 is 10.6 Å². The third-order valence-electron chi connectivity index (χ3n) is 1.57. The van der Waals surface area contributed by atoms with Crippen LogP contribution in [0.3, 0.4) is 0 Å². The molecule has 70 valence electrons. The van der Waals surface area contributed by atoms with Gasteiger partial charge in [0.2, 0.25) is 5.91 Å². The van der Waals surface area contributed by atoms with Crippen LogP contribution in [0.1, 0.15) is 20.8 Å². The van der Waals surface area contributed by atoms with Crippen molar-refractivity contribution in [2.75, 3.05) is 13.6 Å². The maximum absolute atomic E-state index is 11.2. The first-order chi connectivity index (χ1) is 5.40. The molecule has 0 aromatic heterocycles. The van der Waals surface area contributed by atoms with Crippen molar-refractivity contribution in [3.05, 3.63) is 0 Å². The van der Waals surface area contributed by atoms with Gasteiger partial charge in [0.1, 0.15) is 5.78 Å². The van der Waals surface area contributed by atoms with Gasteiger partial charge >= 0.3 is 0 Å². The number of hydrogen-bond donors (Lipinski definition) is 2. The van der Waals surface area contributed by atoms with Crippen molar-refractivity contribution in [1.82, 2.24) is 10.6 Å². The summed E-state index contributed by atoms with van der Waals surface area (Å²) in [6.45, 7) is 5.16. The smallest absolute Gasteiger partial charge is 0.239 e. The van der Waals surface area contributed by atoms with Crippen LogP contribution >= 0.6 is 0 Å². The second kappa shape index (κ2) is 4.21. The van der Waals surface area contributed by atoms with E-state index in [1.54, 1.807) is 20.9 Å². The van der Waals surface area contributed by atoms with Gasteiger partial charge in [-0.3, -0.25) is 14.9 Å². The number of ketones is 1. The highest BCUT2D eigenvalue weighted by atomic mass is 16.2. The number of carbonyl (C=O) groups is 2. The molecule has 0 aromatic carbocycles. The van der Waals surface area contributed by atoms with E-state index in [0.717, 1.165) is 0 Å². The Bertz CT molecular complexity index is 187. The highest BCUT2D eigenvalue weighted by Crippen LogP contribution is 2.00. The van der Waals surface area contributed by atoms with E-state index < -0.39 is 5.54 Å². The fourth-order valence-electron chi connectivity index (χ4n) is 0.738. The molecule has 4 heteroatoms. The van der Waals surface area contributed by atoms with Crippen molar-refractivity contribution in [1.29, 1.82) is 0 Å². The minimum Gasteiger partial charge on any atom is -0.358 e. The molecular weight excluding hydrogens is 156 g/mol. The summed E-state index contributed by atoms with van der Waals surface area (Å²) in [5.41, 5.74) is -0.680. The fraction of sp³-hybridized carbons (Fsp3) is 0.750. The molecule has 0 heterocycles. The van der Waals surface area contributed by atoms with Gasteiger partial charge in [0, 0.05) is 7.05 Å². The Morgan fingerprint density at radius 2 is 1.83 bits per heavy atom. The zero-order valence-electron chi connectivity index (χ0n) is 8.02. The van der Waals surface area contributed by atoms with E-state index in [0.29, 0.717) is 0 Å². The van der Waals surface area contributed by atoms with Crippen LogP contribution in [0, 0.1) is 0 Å². The molecule has 0 aliphatic carbocycles. The second-order valence-electron chi connectivity index (χ2n) is 3.26. The first-order valence-corrected chi connectivity index (χ1v) is 3.87. The predicted octanol–water partition coefficient (Wildman–Crippen LogP) is -0.310. The van der Waals surface area contributed by atoms with E-state index in [9.17, 15) is 9.59 Å². The van der Waals surface area contributed by atoms with E-state index in [1.165, 1.54) is 6.92 Å². The molecule has 0 atom stereocenters. The third-order valence-corrected chi connectivity index (χ3v) is 1.57. The molecule has 0 fully saturated rings. The highest BCUT2D eigenvalue weighted by Gasteiger charge is 2.25. The summed E-state index contributed by atoms with van der Waals surface area (Å²) in [7, 11) is 1.57. The van der Waals surface area contributed by atoms with E-state index in [2.05, 4.69) is 10.6 Å². The normalized spacial score (nSPS) is 11.0. The number of Topliss-reactive ketones (excluding diaryl/α,β-unsaturated/α-hetero) is 1. The molecule has 1 amide bonds. The lowest BCUT2D eigenvalue weighted by Crippen LogP contribution is -2.52. The Kier molecular flexibility index (Phi) is 3.89. The maximum Gasteiger partial charge on any atom is 0.239 e. The van der Waals surface area contributed by atoms with Crippen molar-refractivity contribution in [2.45, 2.75) is 26.3 Å². The molecule has 0 aliphatic rings. The standard InChI is InChI=1S/C8H16N2O2/c1-6(11)5-10-8(2,3)7(12)9-4/h10H,5H2,1-4H3,(H,9,12). The molecule has 0 spiro atoms. The van der Waals surface area contributed by atoms with Gasteiger partial charge in [-0.1, -0.05) is 0 Å². The van der Waals surface area contributed by atoms with Crippen LogP contribution in [0.5, 0.6) is 0 Å². The zero-order chi connectivity index (χ0) is 9.78. The molecule has 0 radical (unpaired) electrons. The number of hydrogen-bond acceptors (Lipinski definition) is 3. The van der Waals surface area contributed by atoms with Gasteiger partial charge in [0.15, 0.2) is 0 Å². The van der Waals surface area contributed by atoms with Gasteiger partial charge in [-0.2, -0.15) is 0 Å². The summed E-state index contributed by atoms with van der Waals surface area (Å²) in [6, 6.07) is 0. The third kappa shape index (κ3) is 3.48. The Labute approximate surface area is 72.7 Å². The van der Waals surface area contributed by atoms with E-state index in [4.69, 9.17) is 0 Å². The fourth-order valence-corrected chi connectivity index (χ4v) is 0.738. The number of carbonyl (C=O) groups excluding carboxylic acids is 2. The lowest BCUT2D eigenvalue weighted by molar-refractivity contribution is -0.126. The average Bonchev–Trinajstić information content (AvgIpc) is 1.99. The molecule has 0 saturated heterocycles. The van der Waals surface area contributed by atoms with Gasteiger partial charge in [-0.05, 0) is 20.8 Å². The van der Waals surface area contributed by atoms with Crippen LogP contribution in [-0.4, -0.2) is 30.8 Å². The van der Waals surface area contributed by atoms with Crippen molar-refractivity contribution in [3.63, 3.8) is 0 Å². The Hall–Kier alpha value is -0.900. The largest absolute Gasteiger partial charge is 0.358 e. The Balaban J connectivity index is 4.03. The van der Waals surface area contributed by atoms with Crippen LogP contribution in [0.2, 0.25) is 0 Å². The van der Waals surface area contributed by atoms with Gasteiger partial charge < -0.3 is 5.32 Å². The molecule has 0 aliphatic heterocycles. The topological polar surface area (TPSA) is 58.2 Å². The number of rotatable bonds is 4. The van der Waals surface area contributed by atoms with Gasteiger partial charge in [-0.25, -0.2) is 0 Å². The molecular formula is C8H16N2O2. The number of likely N-dealkylation sites (N-methyl/N-ethyl adjacent to an activating group) is 1. The van der Waals surface area contributed by atoms with E-state index >= 15 is 0 Å². The lowest BCUT2D eigenvalue weighted by Gasteiger charge is -2.23. The second-order valence-corrected chi connectivity index (χ2v) is 3.26. The summed E-state index contributed by atoms with van der Waals surface area (Å²) in [5.74, 6) is -0.101. The summed E-state index contributed by atoms with van der Waals surface area (Å²) < 4.78 is 0. The molecule has 0 saturated carbocycles. The summed E-state index contributed by atoms with van der Waals surface area (Å²) in [6.07, 6.45) is 0. The zero-order valence-corrected chi connectivity index (χ0v) is 8.02. The minimum atomic E-state index is -0.680. The lowest BCUT2D eigenvalue weighted by atomic mass is 10.0. The monoisotopic (exact) mass is 172 g/mol. The molecule has 12 heavy (non-hydrogen) atoms. The molecule has 0 bridgehead atoms. The summed E-state index contributed by atoms with van der Waals surface area (Å²) in [5, 5.41) is 5.36. The summed E-state index contributed by atoms with van der Waals surface area (Å²) in [4.78, 5) is 21.8. The van der Waals surface area contributed by atoms with Crippen molar-refractivity contribution in [3.8, 4) is 0 Å². The van der Waals surface area contributed by atoms with Crippen LogP contribution in [-0.2, 0) is 9.59 Å². The van der Waals surface area contributed by atoms with Gasteiger partial charge in [0.25, 0.3) is 0 Å². The molecule has 2 N–H and O–H groups in total. The van der Waals surface area contributed by atoms with Crippen molar-refractivity contribution >= 4 is 11.7 Å². The van der Waals surface area contributed by atoms with E-state index in [-0.39, 0.29) is 18.2 Å². The predicted molar refractivity (Wildman–Crippen MR) is 46.8 cm³/mol. The maximum atomic E-state index is 11.2. The minimum absolute atomic E-state index is 0.0204. The molecule has 0 rings (SSSR count). The number of amides is 1. The van der Waals surface area contributed by atoms with Crippen LogP contribution in [0.25, 0.3) is 0 Å². The van der Waals surface area contributed by atoms with Crippen molar-refractivity contribution in [2.24, 2.45) is 0 Å². The molecule has 0 unspecified atom stereocenters. The quantitative estimate of drug-likeness (QED) is 0.611. The summed E-state index contributed by atoms with van der Waals surface area (Å²) >= 11 is 0. The Morgan fingerprint density at radius 1 is 1.33 bits per heavy atom. The Morgan fingerprint density at radius 3 is 2.17 bits per heavy atom. The molecule has 4 nitrogen and oxygen atoms in total. The van der Waals surface area contributed by atoms with Crippen molar-refractivity contribution < 1.29 is 9.59 Å². The first kappa shape index (κ1) is 11.1. The first-order valence-electron chi connectivity index (χ1n) is 3.87. The highest BCUT2D eigenvalue weighted by molar-refractivity contribution is 5.86. The molecule has 0 aromatic rings. The van der Waals surface area contributed by atoms with E-state index in [1.807, 2.05) is 0 Å². The van der Waals surface area contributed by atoms with Crippen LogP contribution in [0.15, 0.2) is 0 Å².